The first-order chi connectivity index (χ1) is 12.6. The number of ether oxygens (including phenoxy) is 1. The second-order valence-electron chi connectivity index (χ2n) is 6.47. The van der Waals surface area contributed by atoms with E-state index in [4.69, 9.17) is 4.74 Å². The largest absolute Gasteiger partial charge is 0.379 e. The molecule has 0 radical (unpaired) electrons. The third kappa shape index (κ3) is 4.81. The van der Waals surface area contributed by atoms with Crippen molar-refractivity contribution in [1.82, 2.24) is 9.29 Å². The number of nitrogens with zero attached hydrogens (tertiary/aromatic N) is 2. The van der Waals surface area contributed by atoms with Gasteiger partial charge in [0.1, 0.15) is 10.7 Å². The maximum Gasteiger partial charge on any atom is 0.244 e. The summed E-state index contributed by atoms with van der Waals surface area (Å²) in [6.07, 6.45) is 3.38. The standard InChI is InChI=1S/C19H25N3O3S/c1-16(7-8-17-5-3-2-4-6-17)21-19-10-9-18(15-20-19)26(23,24)22-11-13-25-14-12-22/h2-6,9-10,15-16H,7-8,11-14H2,1H3,(H,20,21). The first-order valence-electron chi connectivity index (χ1n) is 8.90. The number of pyridine rings is 1. The zero-order valence-electron chi connectivity index (χ0n) is 15.0. The number of aromatic nitrogens is 1. The second-order valence-corrected chi connectivity index (χ2v) is 8.40. The van der Waals surface area contributed by atoms with Gasteiger partial charge in [-0.05, 0) is 37.5 Å². The molecule has 0 aliphatic carbocycles. The predicted molar refractivity (Wildman–Crippen MR) is 102 cm³/mol. The quantitative estimate of drug-likeness (QED) is 0.805. The summed E-state index contributed by atoms with van der Waals surface area (Å²) in [4.78, 5) is 4.51. The Bertz CT molecular complexity index is 789. The molecule has 1 fully saturated rings. The summed E-state index contributed by atoms with van der Waals surface area (Å²) in [6, 6.07) is 13.9. The fraction of sp³-hybridized carbons (Fsp3) is 0.421. The average molecular weight is 375 g/mol. The summed E-state index contributed by atoms with van der Waals surface area (Å²) in [6.45, 7) is 3.75. The van der Waals surface area contributed by atoms with Gasteiger partial charge in [0, 0.05) is 25.3 Å². The van der Waals surface area contributed by atoms with Crippen LogP contribution >= 0.6 is 0 Å². The minimum absolute atomic E-state index is 0.224. The molecule has 140 valence electrons. The van der Waals surface area contributed by atoms with Gasteiger partial charge in [-0.1, -0.05) is 30.3 Å². The predicted octanol–water partition coefficient (Wildman–Crippen LogP) is 2.54. The number of aryl methyl sites for hydroxylation is 1. The van der Waals surface area contributed by atoms with Gasteiger partial charge in [-0.2, -0.15) is 4.31 Å². The van der Waals surface area contributed by atoms with E-state index >= 15 is 0 Å². The zero-order chi connectivity index (χ0) is 18.4. The molecule has 0 spiro atoms. The highest BCUT2D eigenvalue weighted by Crippen LogP contribution is 2.18. The molecule has 1 aromatic carbocycles. The minimum atomic E-state index is -3.49. The lowest BCUT2D eigenvalue weighted by molar-refractivity contribution is 0.0730. The Morgan fingerprint density at radius 3 is 2.54 bits per heavy atom. The Morgan fingerprint density at radius 2 is 1.88 bits per heavy atom. The van der Waals surface area contributed by atoms with Crippen molar-refractivity contribution in [1.29, 1.82) is 0 Å². The van der Waals surface area contributed by atoms with Crippen LogP contribution in [0.3, 0.4) is 0 Å². The van der Waals surface area contributed by atoms with Crippen LogP contribution in [0.15, 0.2) is 53.6 Å². The Kier molecular flexibility index (Phi) is 6.24. The van der Waals surface area contributed by atoms with Crippen molar-refractivity contribution >= 4 is 15.8 Å². The average Bonchev–Trinajstić information content (AvgIpc) is 2.68. The summed E-state index contributed by atoms with van der Waals surface area (Å²) in [5.41, 5.74) is 1.31. The van der Waals surface area contributed by atoms with E-state index in [1.165, 1.54) is 16.1 Å². The van der Waals surface area contributed by atoms with Gasteiger partial charge in [0.15, 0.2) is 0 Å². The zero-order valence-corrected chi connectivity index (χ0v) is 15.8. The van der Waals surface area contributed by atoms with Crippen LogP contribution < -0.4 is 5.32 Å². The third-order valence-electron chi connectivity index (χ3n) is 4.45. The van der Waals surface area contributed by atoms with Gasteiger partial charge in [-0.25, -0.2) is 13.4 Å². The van der Waals surface area contributed by atoms with E-state index in [2.05, 4.69) is 29.4 Å². The lowest BCUT2D eigenvalue weighted by Gasteiger charge is -2.26. The van der Waals surface area contributed by atoms with Gasteiger partial charge < -0.3 is 10.1 Å². The van der Waals surface area contributed by atoms with Gasteiger partial charge in [-0.3, -0.25) is 0 Å². The van der Waals surface area contributed by atoms with E-state index in [1.54, 1.807) is 12.1 Å². The molecule has 26 heavy (non-hydrogen) atoms. The highest BCUT2D eigenvalue weighted by Gasteiger charge is 2.26. The molecule has 0 bridgehead atoms. The van der Waals surface area contributed by atoms with Crippen LogP contribution in [0.1, 0.15) is 18.9 Å². The molecule has 2 heterocycles. The van der Waals surface area contributed by atoms with Crippen LogP contribution in [0.2, 0.25) is 0 Å². The number of anilines is 1. The fourth-order valence-electron chi connectivity index (χ4n) is 2.91. The first kappa shape index (κ1) is 18.8. The molecule has 0 saturated carbocycles. The van der Waals surface area contributed by atoms with Gasteiger partial charge in [0.2, 0.25) is 10.0 Å². The van der Waals surface area contributed by atoms with Crippen molar-refractivity contribution in [2.24, 2.45) is 0 Å². The number of rotatable bonds is 7. The Labute approximate surface area is 155 Å². The molecule has 1 N–H and O–H groups in total. The molecule has 6 nitrogen and oxygen atoms in total. The topological polar surface area (TPSA) is 71.5 Å². The molecule has 1 unspecified atom stereocenters. The van der Waals surface area contributed by atoms with Gasteiger partial charge >= 0.3 is 0 Å². The van der Waals surface area contributed by atoms with Crippen molar-refractivity contribution in [3.05, 3.63) is 54.2 Å². The molecule has 1 aliphatic heterocycles. The molecular formula is C19H25N3O3S. The van der Waals surface area contributed by atoms with Crippen LogP contribution in [-0.2, 0) is 21.2 Å². The molecule has 3 rings (SSSR count). The van der Waals surface area contributed by atoms with Crippen molar-refractivity contribution in [3.63, 3.8) is 0 Å². The molecule has 1 atom stereocenters. The maximum absolute atomic E-state index is 12.6. The maximum atomic E-state index is 12.6. The number of hydrogen-bond acceptors (Lipinski definition) is 5. The summed E-state index contributed by atoms with van der Waals surface area (Å²) >= 11 is 0. The highest BCUT2D eigenvalue weighted by molar-refractivity contribution is 7.89. The van der Waals surface area contributed by atoms with E-state index in [-0.39, 0.29) is 10.9 Å². The minimum Gasteiger partial charge on any atom is -0.379 e. The van der Waals surface area contributed by atoms with Crippen molar-refractivity contribution in [2.75, 3.05) is 31.6 Å². The number of hydrogen-bond donors (Lipinski definition) is 1. The lowest BCUT2D eigenvalue weighted by atomic mass is 10.1. The normalized spacial score (nSPS) is 17.0. The summed E-state index contributed by atoms with van der Waals surface area (Å²) in [5.74, 6) is 0.687. The molecule has 1 saturated heterocycles. The first-order valence-corrected chi connectivity index (χ1v) is 10.3. The summed E-state index contributed by atoms with van der Waals surface area (Å²) < 4.78 is 31.8. The number of nitrogens with one attached hydrogen (secondary N) is 1. The molecule has 1 aliphatic rings. The van der Waals surface area contributed by atoms with Crippen LogP contribution in [0, 0.1) is 0 Å². The Balaban J connectivity index is 1.57. The van der Waals surface area contributed by atoms with E-state index in [0.29, 0.717) is 32.1 Å². The lowest BCUT2D eigenvalue weighted by Crippen LogP contribution is -2.40. The highest BCUT2D eigenvalue weighted by atomic mass is 32.2. The van der Waals surface area contributed by atoms with E-state index in [0.717, 1.165) is 12.8 Å². The summed E-state index contributed by atoms with van der Waals surface area (Å²) in [5, 5.41) is 3.33. The number of morpholine rings is 1. The Morgan fingerprint density at radius 1 is 1.15 bits per heavy atom. The van der Waals surface area contributed by atoms with Crippen LogP contribution in [0.5, 0.6) is 0 Å². The third-order valence-corrected chi connectivity index (χ3v) is 6.33. The molecule has 7 heteroatoms. The SMILES string of the molecule is CC(CCc1ccccc1)Nc1ccc(S(=O)(=O)N2CCOCC2)cn1. The van der Waals surface area contributed by atoms with Crippen LogP contribution in [0.25, 0.3) is 0 Å². The molecule has 1 aromatic heterocycles. The van der Waals surface area contributed by atoms with E-state index < -0.39 is 10.0 Å². The van der Waals surface area contributed by atoms with Gasteiger partial charge in [0.25, 0.3) is 0 Å². The molecule has 2 aromatic rings. The fourth-order valence-corrected chi connectivity index (χ4v) is 4.26. The second kappa shape index (κ2) is 8.62. The summed E-state index contributed by atoms with van der Waals surface area (Å²) in [7, 11) is -3.49. The van der Waals surface area contributed by atoms with Crippen molar-refractivity contribution < 1.29 is 13.2 Å². The number of benzene rings is 1. The van der Waals surface area contributed by atoms with Crippen LogP contribution in [0.4, 0.5) is 5.82 Å². The van der Waals surface area contributed by atoms with E-state index in [1.807, 2.05) is 18.2 Å². The Hall–Kier alpha value is -1.96. The smallest absolute Gasteiger partial charge is 0.244 e. The van der Waals surface area contributed by atoms with Crippen molar-refractivity contribution in [3.8, 4) is 0 Å². The molecule has 0 amide bonds. The van der Waals surface area contributed by atoms with E-state index in [9.17, 15) is 8.42 Å². The van der Waals surface area contributed by atoms with Gasteiger partial charge in [-0.15, -0.1) is 0 Å². The monoisotopic (exact) mass is 375 g/mol. The van der Waals surface area contributed by atoms with Crippen LogP contribution in [-0.4, -0.2) is 50.1 Å². The molecular weight excluding hydrogens is 350 g/mol. The van der Waals surface area contributed by atoms with Crippen molar-refractivity contribution in [2.45, 2.75) is 30.7 Å². The number of sulfonamides is 1. The van der Waals surface area contributed by atoms with Gasteiger partial charge in [0.05, 0.1) is 13.2 Å².